The van der Waals surface area contributed by atoms with E-state index in [0.29, 0.717) is 17.4 Å². The molecule has 0 aliphatic heterocycles. The first-order valence-corrected chi connectivity index (χ1v) is 16.8. The fraction of sp³-hybridized carbons (Fsp3) is 0.914. The summed E-state index contributed by atoms with van der Waals surface area (Å²) in [5, 5.41) is 2.97. The van der Waals surface area contributed by atoms with Crippen molar-refractivity contribution in [3.05, 3.63) is 11.6 Å². The summed E-state index contributed by atoms with van der Waals surface area (Å²) in [5.74, 6) is 6.04. The van der Waals surface area contributed by atoms with Crippen LogP contribution in [0.3, 0.4) is 0 Å². The third-order valence-electron chi connectivity index (χ3n) is 12.6. The Bertz CT molecular complexity index is 852. The van der Waals surface area contributed by atoms with Gasteiger partial charge in [-0.25, -0.2) is 4.79 Å². The topological polar surface area (TPSA) is 41.6 Å². The van der Waals surface area contributed by atoms with Crippen LogP contribution in [0.15, 0.2) is 11.6 Å². The van der Waals surface area contributed by atoms with Crippen molar-refractivity contribution in [2.24, 2.45) is 52.3 Å². The zero-order valence-electron chi connectivity index (χ0n) is 26.9. The zero-order chi connectivity index (χ0) is 28.4. The number of allylic oxidation sites excluding steroid dienone is 1. The van der Waals surface area contributed by atoms with E-state index >= 15 is 0 Å². The lowest BCUT2D eigenvalue weighted by Crippen LogP contribution is -2.51. The average molecular weight is 543 g/mol. The molecule has 0 bridgehead atoms. The maximum Gasteiger partial charge on any atom is 0.407 e. The predicted molar refractivity (Wildman–Crippen MR) is 164 cm³/mol. The number of carbonyl (C=O) groups is 1. The Morgan fingerprint density at radius 3 is 2.54 bits per heavy atom. The largest absolute Gasteiger partial charge is 0.446 e. The Morgan fingerprint density at radius 1 is 1.08 bits per heavy atom. The lowest BCUT2D eigenvalue weighted by molar-refractivity contribution is -0.0583. The maximum atomic E-state index is 12.4. The van der Waals surface area contributed by atoms with Gasteiger partial charge in [0.25, 0.3) is 0 Å². The van der Waals surface area contributed by atoms with Gasteiger partial charge < -0.3 is 15.0 Å². The lowest BCUT2D eigenvalue weighted by Gasteiger charge is -2.58. The summed E-state index contributed by atoms with van der Waals surface area (Å²) in [6.45, 7) is 16.8. The van der Waals surface area contributed by atoms with Crippen LogP contribution in [0.25, 0.3) is 0 Å². The van der Waals surface area contributed by atoms with Crippen molar-refractivity contribution in [2.45, 2.75) is 125 Å². The van der Waals surface area contributed by atoms with Crippen LogP contribution < -0.4 is 5.32 Å². The standard InChI is InChI=1S/C35H62N2O2/c1-9-26(24(2)3)12-11-25(4)30-15-16-31-29-14-13-27-23-28(39-33(38)36-21-10-22-37(7)8)17-19-34(27,5)32(29)18-20-35(30,31)6/h13,24-26,28-32H,9-12,14-23H2,1-8H3,(H,36,38)/t25-,26-,28?,29+,30-,31?,32+,34+,35-/m1/s1. The van der Waals surface area contributed by atoms with E-state index in [1.54, 1.807) is 5.57 Å². The molecule has 3 saturated carbocycles. The molecule has 0 heterocycles. The molecule has 0 aromatic rings. The van der Waals surface area contributed by atoms with E-state index < -0.39 is 0 Å². The first-order valence-electron chi connectivity index (χ1n) is 16.8. The molecule has 3 fully saturated rings. The van der Waals surface area contributed by atoms with Crippen LogP contribution in [0, 0.1) is 52.3 Å². The summed E-state index contributed by atoms with van der Waals surface area (Å²) in [5.41, 5.74) is 2.44. The molecule has 4 aliphatic rings. The van der Waals surface area contributed by atoms with Gasteiger partial charge in [-0.05, 0) is 131 Å². The molecule has 9 atom stereocenters. The normalized spacial score (nSPS) is 37.5. The van der Waals surface area contributed by atoms with Gasteiger partial charge in [0.2, 0.25) is 0 Å². The van der Waals surface area contributed by atoms with E-state index in [9.17, 15) is 4.79 Å². The van der Waals surface area contributed by atoms with Crippen LogP contribution in [0.4, 0.5) is 4.79 Å². The number of carbonyl (C=O) groups excluding carboxylic acids is 1. The zero-order valence-corrected chi connectivity index (χ0v) is 26.9. The van der Waals surface area contributed by atoms with Gasteiger partial charge in [-0.1, -0.05) is 66.0 Å². The highest BCUT2D eigenvalue weighted by molar-refractivity contribution is 5.67. The van der Waals surface area contributed by atoms with Gasteiger partial charge in [0, 0.05) is 13.0 Å². The maximum absolute atomic E-state index is 12.4. The summed E-state index contributed by atoms with van der Waals surface area (Å²) in [7, 11) is 4.13. The second-order valence-corrected chi connectivity index (χ2v) is 15.3. The van der Waals surface area contributed by atoms with E-state index in [4.69, 9.17) is 4.74 Å². The Morgan fingerprint density at radius 2 is 1.85 bits per heavy atom. The van der Waals surface area contributed by atoms with Gasteiger partial charge in [0.05, 0.1) is 0 Å². The SMILES string of the molecule is CC[C@H](CC[C@@H](C)[C@H]1CCC2[C@@H]3CC=C4CC(OC(=O)NCCCN(C)C)CC[C@]4(C)[C@H]3CC[C@@]21C)C(C)C. The number of rotatable bonds is 11. The molecule has 1 N–H and O–H groups in total. The fourth-order valence-corrected chi connectivity index (χ4v) is 10.2. The number of nitrogens with one attached hydrogen (secondary N) is 1. The molecular formula is C35H62N2O2. The minimum absolute atomic E-state index is 0.0399. The number of alkyl carbamates (subject to hydrolysis) is 1. The Hall–Kier alpha value is -1.03. The molecule has 4 rings (SSSR count). The van der Waals surface area contributed by atoms with E-state index in [1.807, 2.05) is 0 Å². The molecule has 0 radical (unpaired) electrons. The van der Waals surface area contributed by atoms with Crippen LogP contribution in [0.1, 0.15) is 119 Å². The first-order chi connectivity index (χ1) is 18.5. The van der Waals surface area contributed by atoms with Gasteiger partial charge in [-0.2, -0.15) is 0 Å². The minimum Gasteiger partial charge on any atom is -0.446 e. The van der Waals surface area contributed by atoms with Crippen LogP contribution >= 0.6 is 0 Å². The number of fused-ring (bicyclic) bond motifs is 5. The highest BCUT2D eigenvalue weighted by atomic mass is 16.6. The molecule has 2 unspecified atom stereocenters. The van der Waals surface area contributed by atoms with E-state index in [-0.39, 0.29) is 12.2 Å². The molecule has 4 nitrogen and oxygen atoms in total. The second kappa shape index (κ2) is 12.9. The molecule has 0 aromatic heterocycles. The summed E-state index contributed by atoms with van der Waals surface area (Å²) in [6.07, 6.45) is 17.7. The quantitative estimate of drug-likeness (QED) is 0.210. The van der Waals surface area contributed by atoms with Crippen LogP contribution in [-0.4, -0.2) is 44.3 Å². The number of nitrogens with zero attached hydrogens (tertiary/aromatic N) is 1. The van der Waals surface area contributed by atoms with Crippen LogP contribution in [-0.2, 0) is 4.74 Å². The fourth-order valence-electron chi connectivity index (χ4n) is 10.2. The van der Waals surface area contributed by atoms with Crippen molar-refractivity contribution < 1.29 is 9.53 Å². The smallest absolute Gasteiger partial charge is 0.407 e. The third kappa shape index (κ3) is 6.57. The first kappa shape index (κ1) is 30.9. The third-order valence-corrected chi connectivity index (χ3v) is 12.6. The van der Waals surface area contributed by atoms with Crippen molar-refractivity contribution in [2.75, 3.05) is 27.2 Å². The van der Waals surface area contributed by atoms with Crippen molar-refractivity contribution >= 4 is 6.09 Å². The summed E-state index contributed by atoms with van der Waals surface area (Å²) >= 11 is 0. The molecule has 0 saturated heterocycles. The van der Waals surface area contributed by atoms with Gasteiger partial charge in [-0.15, -0.1) is 0 Å². The van der Waals surface area contributed by atoms with Gasteiger partial charge in [-0.3, -0.25) is 0 Å². The molecule has 0 spiro atoms. The van der Waals surface area contributed by atoms with E-state index in [1.165, 1.54) is 57.8 Å². The Labute approximate surface area is 241 Å². The van der Waals surface area contributed by atoms with Crippen molar-refractivity contribution in [1.29, 1.82) is 0 Å². The number of amides is 1. The monoisotopic (exact) mass is 542 g/mol. The van der Waals surface area contributed by atoms with Crippen LogP contribution in [0.2, 0.25) is 0 Å². The minimum atomic E-state index is -0.227. The summed E-state index contributed by atoms with van der Waals surface area (Å²) < 4.78 is 5.91. The molecule has 4 heteroatoms. The predicted octanol–water partition coefficient (Wildman–Crippen LogP) is 8.71. The van der Waals surface area contributed by atoms with Gasteiger partial charge >= 0.3 is 6.09 Å². The molecule has 4 aliphatic carbocycles. The average Bonchev–Trinajstić information content (AvgIpc) is 3.24. The Balaban J connectivity index is 1.35. The second-order valence-electron chi connectivity index (χ2n) is 15.3. The molecule has 1 amide bonds. The van der Waals surface area contributed by atoms with E-state index in [2.05, 4.69) is 71.9 Å². The van der Waals surface area contributed by atoms with Gasteiger partial charge in [0.1, 0.15) is 6.10 Å². The van der Waals surface area contributed by atoms with E-state index in [0.717, 1.165) is 67.2 Å². The summed E-state index contributed by atoms with van der Waals surface area (Å²) in [6, 6.07) is 0. The molecular weight excluding hydrogens is 480 g/mol. The van der Waals surface area contributed by atoms with Gasteiger partial charge in [0.15, 0.2) is 0 Å². The molecule has 39 heavy (non-hydrogen) atoms. The number of hydrogen-bond donors (Lipinski definition) is 1. The Kier molecular flexibility index (Phi) is 10.2. The van der Waals surface area contributed by atoms with Crippen molar-refractivity contribution in [1.82, 2.24) is 10.2 Å². The highest BCUT2D eigenvalue weighted by Crippen LogP contribution is 2.67. The highest BCUT2D eigenvalue weighted by Gasteiger charge is 2.59. The lowest BCUT2D eigenvalue weighted by atomic mass is 9.47. The van der Waals surface area contributed by atoms with Crippen molar-refractivity contribution in [3.8, 4) is 0 Å². The van der Waals surface area contributed by atoms with Crippen LogP contribution in [0.5, 0.6) is 0 Å². The molecule has 0 aromatic carbocycles. The van der Waals surface area contributed by atoms with Crippen molar-refractivity contribution in [3.63, 3.8) is 0 Å². The molecule has 224 valence electrons. The number of ether oxygens (including phenoxy) is 1. The summed E-state index contributed by atoms with van der Waals surface area (Å²) in [4.78, 5) is 14.6. The number of hydrogen-bond acceptors (Lipinski definition) is 3.